The van der Waals surface area contributed by atoms with Crippen LogP contribution in [0.3, 0.4) is 0 Å². The fourth-order valence-corrected chi connectivity index (χ4v) is 3.33. The quantitative estimate of drug-likeness (QED) is 0.734. The zero-order chi connectivity index (χ0) is 19.7. The Morgan fingerprint density at radius 3 is 2.33 bits per heavy atom. The molecule has 2 aromatic carbocycles. The van der Waals surface area contributed by atoms with Gasteiger partial charge in [0.05, 0.1) is 32.1 Å². The number of carbonyl (C=O) groups excluding carboxylic acids is 2. The molecule has 6 nitrogen and oxygen atoms in total. The number of nitrogens with zero attached hydrogens (tertiary/aromatic N) is 2. The molecule has 0 aliphatic carbocycles. The van der Waals surface area contributed by atoms with E-state index >= 15 is 0 Å². The number of aryl methyl sites for hydroxylation is 2. The van der Waals surface area contributed by atoms with Gasteiger partial charge < -0.3 is 9.47 Å². The van der Waals surface area contributed by atoms with Crippen LogP contribution in [0.4, 0.5) is 5.69 Å². The van der Waals surface area contributed by atoms with Crippen LogP contribution in [0, 0.1) is 13.8 Å². The van der Waals surface area contributed by atoms with Gasteiger partial charge in [0.1, 0.15) is 0 Å². The number of benzene rings is 2. The lowest BCUT2D eigenvalue weighted by Gasteiger charge is -2.25. The molecule has 1 amide bonds. The summed E-state index contributed by atoms with van der Waals surface area (Å²) in [5, 5.41) is 0. The molecule has 2 aromatic rings. The lowest BCUT2D eigenvalue weighted by Crippen LogP contribution is -2.39. The van der Waals surface area contributed by atoms with E-state index in [1.54, 1.807) is 20.3 Å². The first kappa shape index (κ1) is 18.9. The summed E-state index contributed by atoms with van der Waals surface area (Å²) in [5.74, 6) is 0.432. The summed E-state index contributed by atoms with van der Waals surface area (Å²) < 4.78 is 10.7. The number of ether oxygens (including phenoxy) is 2. The lowest BCUT2D eigenvalue weighted by atomic mass is 10.1. The Bertz CT molecular complexity index is 907. The molecule has 6 heteroatoms. The van der Waals surface area contributed by atoms with Crippen LogP contribution in [0.25, 0.3) is 0 Å². The highest BCUT2D eigenvalue weighted by Gasteiger charge is 2.36. The number of amides is 1. The number of fused-ring (bicyclic) bond motifs is 1. The molecule has 0 unspecified atom stereocenters. The Hall–Kier alpha value is -2.86. The normalized spacial score (nSPS) is 13.3. The Morgan fingerprint density at radius 1 is 1.00 bits per heavy atom. The minimum absolute atomic E-state index is 0.328. The number of methoxy groups -OCH3 is 2. The van der Waals surface area contributed by atoms with E-state index in [0.717, 1.165) is 16.7 Å². The van der Waals surface area contributed by atoms with Gasteiger partial charge >= 0.3 is 5.91 Å². The summed E-state index contributed by atoms with van der Waals surface area (Å²) >= 11 is 0. The van der Waals surface area contributed by atoms with Gasteiger partial charge in [0, 0.05) is 6.54 Å². The second-order valence-corrected chi connectivity index (χ2v) is 6.87. The fraction of sp³-hybridized carbons (Fsp3) is 0.333. The van der Waals surface area contributed by atoms with E-state index in [1.807, 2.05) is 50.1 Å². The molecule has 142 valence electrons. The van der Waals surface area contributed by atoms with Crippen molar-refractivity contribution in [2.45, 2.75) is 20.4 Å². The van der Waals surface area contributed by atoms with Crippen molar-refractivity contribution in [3.8, 4) is 11.5 Å². The van der Waals surface area contributed by atoms with E-state index in [0.29, 0.717) is 36.0 Å². The van der Waals surface area contributed by atoms with Crippen molar-refractivity contribution in [1.82, 2.24) is 4.90 Å². The van der Waals surface area contributed by atoms with Gasteiger partial charge in [-0.15, -0.1) is 0 Å². The Labute approximate surface area is 159 Å². The van der Waals surface area contributed by atoms with Crippen LogP contribution in [-0.2, 0) is 11.3 Å². The number of hydrogen-bond donors (Lipinski definition) is 0. The highest BCUT2D eigenvalue weighted by atomic mass is 16.5. The first-order valence-electron chi connectivity index (χ1n) is 8.72. The van der Waals surface area contributed by atoms with Crippen molar-refractivity contribution in [1.29, 1.82) is 0 Å². The van der Waals surface area contributed by atoms with E-state index in [-0.39, 0.29) is 0 Å². The maximum absolute atomic E-state index is 12.4. The minimum atomic E-state index is -0.480. The predicted octanol–water partition coefficient (Wildman–Crippen LogP) is 2.94. The average Bonchev–Trinajstić information content (AvgIpc) is 2.87. The highest BCUT2D eigenvalue weighted by molar-refractivity contribution is 6.52. The molecule has 0 radical (unpaired) electrons. The first-order valence-corrected chi connectivity index (χ1v) is 8.72. The number of carbonyl (C=O) groups is 2. The molecule has 0 saturated carbocycles. The largest absolute Gasteiger partial charge is 0.493 e. The van der Waals surface area contributed by atoms with E-state index in [1.165, 1.54) is 4.90 Å². The maximum Gasteiger partial charge on any atom is 0.300 e. The Morgan fingerprint density at radius 2 is 1.67 bits per heavy atom. The summed E-state index contributed by atoms with van der Waals surface area (Å²) in [6.45, 7) is 4.85. The Kier molecular flexibility index (Phi) is 5.19. The third kappa shape index (κ3) is 3.53. The van der Waals surface area contributed by atoms with Crippen LogP contribution in [0.15, 0.2) is 30.3 Å². The van der Waals surface area contributed by atoms with Crippen LogP contribution in [-0.4, -0.2) is 44.5 Å². The molecule has 0 fully saturated rings. The van der Waals surface area contributed by atoms with E-state index in [2.05, 4.69) is 0 Å². The van der Waals surface area contributed by atoms with Crippen molar-refractivity contribution < 1.29 is 19.1 Å². The topological polar surface area (TPSA) is 59.1 Å². The van der Waals surface area contributed by atoms with Crippen LogP contribution in [0.2, 0.25) is 0 Å². The van der Waals surface area contributed by atoms with Gasteiger partial charge in [-0.25, -0.2) is 0 Å². The second-order valence-electron chi connectivity index (χ2n) is 6.87. The lowest BCUT2D eigenvalue weighted by molar-refractivity contribution is -0.114. The van der Waals surface area contributed by atoms with Gasteiger partial charge in [-0.2, -0.15) is 0 Å². The number of rotatable bonds is 6. The Balaban J connectivity index is 1.80. The molecule has 0 atom stereocenters. The molecule has 27 heavy (non-hydrogen) atoms. The zero-order valence-electron chi connectivity index (χ0n) is 16.3. The van der Waals surface area contributed by atoms with E-state index in [9.17, 15) is 9.59 Å². The molecule has 1 heterocycles. The number of anilines is 1. The van der Waals surface area contributed by atoms with Gasteiger partial charge in [0.2, 0.25) is 0 Å². The molecular weight excluding hydrogens is 344 g/mol. The zero-order valence-corrected chi connectivity index (χ0v) is 16.3. The van der Waals surface area contributed by atoms with Gasteiger partial charge in [-0.05, 0) is 56.3 Å². The molecule has 1 aliphatic heterocycles. The summed E-state index contributed by atoms with van der Waals surface area (Å²) in [6.07, 6.45) is 0. The molecule has 1 aliphatic rings. The van der Waals surface area contributed by atoms with Gasteiger partial charge in [-0.3, -0.25) is 19.4 Å². The van der Waals surface area contributed by atoms with Gasteiger partial charge in [0.15, 0.2) is 11.5 Å². The average molecular weight is 368 g/mol. The second kappa shape index (κ2) is 7.40. The summed E-state index contributed by atoms with van der Waals surface area (Å²) in [6, 6.07) is 9.40. The molecule has 0 aromatic heterocycles. The standard InChI is InChI=1S/C21H24N2O4/c1-13-6-7-17-16(8-13)20(24)21(25)23(17)12-22(3)11-15-10-19(27-5)18(26-4)9-14(15)2/h6-10H,11-12H2,1-5H3. The van der Waals surface area contributed by atoms with Crippen molar-refractivity contribution in [2.75, 3.05) is 32.8 Å². The molecule has 0 bridgehead atoms. The third-order valence-corrected chi connectivity index (χ3v) is 4.79. The SMILES string of the molecule is COc1cc(C)c(CN(C)CN2C(=O)C(=O)c3cc(C)ccc32)cc1OC. The van der Waals surface area contributed by atoms with Crippen molar-refractivity contribution in [3.63, 3.8) is 0 Å². The van der Waals surface area contributed by atoms with E-state index < -0.39 is 11.7 Å². The molecule has 0 saturated heterocycles. The van der Waals surface area contributed by atoms with E-state index in [4.69, 9.17) is 9.47 Å². The monoisotopic (exact) mass is 368 g/mol. The van der Waals surface area contributed by atoms with Crippen LogP contribution >= 0.6 is 0 Å². The maximum atomic E-state index is 12.4. The van der Waals surface area contributed by atoms with Crippen molar-refractivity contribution >= 4 is 17.4 Å². The number of hydrogen-bond acceptors (Lipinski definition) is 5. The highest BCUT2D eigenvalue weighted by Crippen LogP contribution is 2.32. The van der Waals surface area contributed by atoms with Crippen molar-refractivity contribution in [3.05, 3.63) is 52.6 Å². The smallest absolute Gasteiger partial charge is 0.300 e. The molecule has 3 rings (SSSR count). The van der Waals surface area contributed by atoms with Gasteiger partial charge in [0.25, 0.3) is 5.78 Å². The fourth-order valence-electron chi connectivity index (χ4n) is 3.33. The summed E-state index contributed by atoms with van der Waals surface area (Å²) in [4.78, 5) is 28.2. The summed E-state index contributed by atoms with van der Waals surface area (Å²) in [5.41, 5.74) is 4.25. The number of Topliss-reactive ketones (excluding diaryl/α,β-unsaturated/α-hetero) is 1. The van der Waals surface area contributed by atoms with Crippen LogP contribution < -0.4 is 14.4 Å². The third-order valence-electron chi connectivity index (χ3n) is 4.79. The number of ketones is 1. The van der Waals surface area contributed by atoms with Crippen LogP contribution in [0.1, 0.15) is 27.0 Å². The predicted molar refractivity (Wildman–Crippen MR) is 104 cm³/mol. The van der Waals surface area contributed by atoms with Crippen molar-refractivity contribution in [2.24, 2.45) is 0 Å². The minimum Gasteiger partial charge on any atom is -0.493 e. The van der Waals surface area contributed by atoms with Gasteiger partial charge in [-0.1, -0.05) is 11.6 Å². The molecule has 0 spiro atoms. The van der Waals surface area contributed by atoms with Crippen LogP contribution in [0.5, 0.6) is 11.5 Å². The molecular formula is C21H24N2O4. The molecule has 0 N–H and O–H groups in total. The first-order chi connectivity index (χ1) is 12.8. The summed E-state index contributed by atoms with van der Waals surface area (Å²) in [7, 11) is 5.13.